The summed E-state index contributed by atoms with van der Waals surface area (Å²) in [6.45, 7) is 3.84. The van der Waals surface area contributed by atoms with Gasteiger partial charge < -0.3 is 19.7 Å². The summed E-state index contributed by atoms with van der Waals surface area (Å²) in [5, 5.41) is 2.95. The molecule has 0 aliphatic carbocycles. The van der Waals surface area contributed by atoms with Gasteiger partial charge in [0.25, 0.3) is 0 Å². The molecule has 0 spiro atoms. The van der Waals surface area contributed by atoms with Crippen LogP contribution in [-0.4, -0.2) is 48.3 Å². The average Bonchev–Trinajstić information content (AvgIpc) is 3.08. The Labute approximate surface area is 152 Å². The van der Waals surface area contributed by atoms with Gasteiger partial charge in [0.05, 0.1) is 0 Å². The SMILES string of the molecule is O=C(Nc1ccc2c(c1)OCO2)N1CC(N2CCc3ccccc3C2)C1. The fourth-order valence-corrected chi connectivity index (χ4v) is 3.86. The molecule has 0 saturated carbocycles. The lowest BCUT2D eigenvalue weighted by molar-refractivity contribution is 0.0528. The molecule has 0 aromatic heterocycles. The Bertz CT molecular complexity index is 848. The van der Waals surface area contributed by atoms with E-state index in [0.29, 0.717) is 11.8 Å². The second-order valence-corrected chi connectivity index (χ2v) is 7.05. The van der Waals surface area contributed by atoms with Gasteiger partial charge in [-0.2, -0.15) is 0 Å². The van der Waals surface area contributed by atoms with Crippen LogP contribution in [0.5, 0.6) is 11.5 Å². The van der Waals surface area contributed by atoms with Crippen molar-refractivity contribution in [3.05, 3.63) is 53.6 Å². The average molecular weight is 351 g/mol. The summed E-state index contributed by atoms with van der Waals surface area (Å²) in [6.07, 6.45) is 1.09. The normalized spacial score (nSPS) is 19.0. The molecule has 3 heterocycles. The highest BCUT2D eigenvalue weighted by Gasteiger charge is 2.36. The lowest BCUT2D eigenvalue weighted by Crippen LogP contribution is -2.62. The molecular weight excluding hydrogens is 330 g/mol. The molecule has 134 valence electrons. The monoisotopic (exact) mass is 351 g/mol. The molecule has 1 N–H and O–H groups in total. The number of hydrogen-bond donors (Lipinski definition) is 1. The van der Waals surface area contributed by atoms with Crippen LogP contribution in [0.3, 0.4) is 0 Å². The summed E-state index contributed by atoms with van der Waals surface area (Å²) >= 11 is 0. The van der Waals surface area contributed by atoms with E-state index in [4.69, 9.17) is 9.47 Å². The molecule has 2 amide bonds. The van der Waals surface area contributed by atoms with Gasteiger partial charge in [-0.1, -0.05) is 24.3 Å². The number of anilines is 1. The van der Waals surface area contributed by atoms with Crippen molar-refractivity contribution in [2.45, 2.75) is 19.0 Å². The number of nitrogens with zero attached hydrogens (tertiary/aromatic N) is 2. The predicted molar refractivity (Wildman–Crippen MR) is 97.5 cm³/mol. The number of amides is 2. The highest BCUT2D eigenvalue weighted by Crippen LogP contribution is 2.34. The Morgan fingerprint density at radius 1 is 1.04 bits per heavy atom. The highest BCUT2D eigenvalue weighted by molar-refractivity contribution is 5.90. The Kier molecular flexibility index (Phi) is 3.71. The predicted octanol–water partition coefficient (Wildman–Crippen LogP) is 2.69. The molecular formula is C20H21N3O3. The lowest BCUT2D eigenvalue weighted by atomic mass is 9.97. The van der Waals surface area contributed by atoms with Crippen LogP contribution >= 0.6 is 0 Å². The van der Waals surface area contributed by atoms with Crippen molar-refractivity contribution in [1.29, 1.82) is 0 Å². The van der Waals surface area contributed by atoms with Crippen LogP contribution in [0.4, 0.5) is 10.5 Å². The van der Waals surface area contributed by atoms with E-state index in [1.807, 2.05) is 17.0 Å². The fourth-order valence-electron chi connectivity index (χ4n) is 3.86. The van der Waals surface area contributed by atoms with Crippen molar-refractivity contribution in [3.63, 3.8) is 0 Å². The molecule has 1 saturated heterocycles. The second kappa shape index (κ2) is 6.21. The minimum atomic E-state index is -0.0578. The topological polar surface area (TPSA) is 54.0 Å². The summed E-state index contributed by atoms with van der Waals surface area (Å²) < 4.78 is 10.6. The number of ether oxygens (including phenoxy) is 2. The van der Waals surface area contributed by atoms with E-state index in [1.54, 1.807) is 6.07 Å². The van der Waals surface area contributed by atoms with Crippen molar-refractivity contribution in [3.8, 4) is 11.5 Å². The van der Waals surface area contributed by atoms with Crippen molar-refractivity contribution < 1.29 is 14.3 Å². The van der Waals surface area contributed by atoms with Gasteiger partial charge in [-0.25, -0.2) is 4.79 Å². The maximum atomic E-state index is 12.4. The third kappa shape index (κ3) is 2.76. The zero-order valence-corrected chi connectivity index (χ0v) is 14.5. The molecule has 6 nitrogen and oxygen atoms in total. The molecule has 0 unspecified atom stereocenters. The maximum Gasteiger partial charge on any atom is 0.321 e. The zero-order chi connectivity index (χ0) is 17.5. The first-order valence-corrected chi connectivity index (χ1v) is 9.03. The van der Waals surface area contributed by atoms with Crippen molar-refractivity contribution in [1.82, 2.24) is 9.80 Å². The van der Waals surface area contributed by atoms with E-state index in [9.17, 15) is 4.79 Å². The highest BCUT2D eigenvalue weighted by atomic mass is 16.7. The molecule has 2 aromatic rings. The fraction of sp³-hybridized carbons (Fsp3) is 0.350. The van der Waals surface area contributed by atoms with E-state index in [-0.39, 0.29) is 12.8 Å². The molecule has 6 heteroatoms. The molecule has 1 fully saturated rings. The van der Waals surface area contributed by atoms with Crippen LogP contribution < -0.4 is 14.8 Å². The van der Waals surface area contributed by atoms with Crippen molar-refractivity contribution >= 4 is 11.7 Å². The smallest absolute Gasteiger partial charge is 0.321 e. The minimum Gasteiger partial charge on any atom is -0.454 e. The largest absolute Gasteiger partial charge is 0.454 e. The number of nitrogens with one attached hydrogen (secondary N) is 1. The number of carbonyl (C=O) groups excluding carboxylic acids is 1. The number of likely N-dealkylation sites (tertiary alicyclic amines) is 1. The molecule has 26 heavy (non-hydrogen) atoms. The number of hydrogen-bond acceptors (Lipinski definition) is 4. The Morgan fingerprint density at radius 2 is 1.85 bits per heavy atom. The molecule has 5 rings (SSSR count). The van der Waals surface area contributed by atoms with Crippen LogP contribution in [0, 0.1) is 0 Å². The van der Waals surface area contributed by atoms with Crippen molar-refractivity contribution in [2.75, 3.05) is 31.7 Å². The van der Waals surface area contributed by atoms with Crippen LogP contribution in [0.25, 0.3) is 0 Å². The van der Waals surface area contributed by atoms with Gasteiger partial charge in [-0.3, -0.25) is 4.90 Å². The first-order valence-electron chi connectivity index (χ1n) is 9.03. The number of urea groups is 1. The third-order valence-corrected chi connectivity index (χ3v) is 5.45. The molecule has 0 bridgehead atoms. The zero-order valence-electron chi connectivity index (χ0n) is 14.5. The first-order chi connectivity index (χ1) is 12.8. The summed E-state index contributed by atoms with van der Waals surface area (Å²) in [6, 6.07) is 14.5. The minimum absolute atomic E-state index is 0.0578. The van der Waals surface area contributed by atoms with E-state index in [1.165, 1.54) is 11.1 Å². The Hall–Kier alpha value is -2.73. The summed E-state index contributed by atoms with van der Waals surface area (Å²) in [5.41, 5.74) is 3.61. The van der Waals surface area contributed by atoms with Gasteiger partial charge in [-0.05, 0) is 29.7 Å². The standard InChI is InChI=1S/C20H21N3O3/c24-20(21-16-5-6-18-19(9-16)26-13-25-18)23-11-17(12-23)22-8-7-14-3-1-2-4-15(14)10-22/h1-6,9,17H,7-8,10-13H2,(H,21,24). The molecule has 0 radical (unpaired) electrons. The Morgan fingerprint density at radius 3 is 2.73 bits per heavy atom. The molecule has 3 aliphatic heterocycles. The summed E-state index contributed by atoms with van der Waals surface area (Å²) in [5.74, 6) is 1.40. The van der Waals surface area contributed by atoms with Gasteiger partial charge in [-0.15, -0.1) is 0 Å². The number of benzene rings is 2. The molecule has 2 aromatic carbocycles. The van der Waals surface area contributed by atoms with Gasteiger partial charge in [0, 0.05) is 44.0 Å². The number of rotatable bonds is 2. The molecule has 3 aliphatic rings. The lowest BCUT2D eigenvalue weighted by Gasteiger charge is -2.46. The van der Waals surface area contributed by atoms with Gasteiger partial charge in [0.15, 0.2) is 11.5 Å². The quantitative estimate of drug-likeness (QED) is 0.904. The summed E-state index contributed by atoms with van der Waals surface area (Å²) in [4.78, 5) is 16.8. The Balaban J connectivity index is 1.16. The maximum absolute atomic E-state index is 12.4. The van der Waals surface area contributed by atoms with E-state index in [2.05, 4.69) is 34.5 Å². The summed E-state index contributed by atoms with van der Waals surface area (Å²) in [7, 11) is 0. The van der Waals surface area contributed by atoms with Gasteiger partial charge in [0.2, 0.25) is 6.79 Å². The van der Waals surface area contributed by atoms with E-state index in [0.717, 1.165) is 44.0 Å². The van der Waals surface area contributed by atoms with Gasteiger partial charge >= 0.3 is 6.03 Å². The van der Waals surface area contributed by atoms with Gasteiger partial charge in [0.1, 0.15) is 0 Å². The first kappa shape index (κ1) is 15.5. The second-order valence-electron chi connectivity index (χ2n) is 7.05. The van der Waals surface area contributed by atoms with Crippen LogP contribution in [0.2, 0.25) is 0 Å². The number of fused-ring (bicyclic) bond motifs is 2. The number of carbonyl (C=O) groups is 1. The van der Waals surface area contributed by atoms with Crippen molar-refractivity contribution in [2.24, 2.45) is 0 Å². The van der Waals surface area contributed by atoms with Crippen LogP contribution in [0.1, 0.15) is 11.1 Å². The van der Waals surface area contributed by atoms with Crippen LogP contribution in [0.15, 0.2) is 42.5 Å². The third-order valence-electron chi connectivity index (χ3n) is 5.45. The van der Waals surface area contributed by atoms with E-state index < -0.39 is 0 Å². The van der Waals surface area contributed by atoms with Crippen LogP contribution in [-0.2, 0) is 13.0 Å². The molecule has 0 atom stereocenters. The van der Waals surface area contributed by atoms with E-state index >= 15 is 0 Å².